The predicted octanol–water partition coefficient (Wildman–Crippen LogP) is 2.63. The largest absolute Gasteiger partial charge is 0.504 e. The van der Waals surface area contributed by atoms with E-state index in [1.807, 2.05) is 12.1 Å². The quantitative estimate of drug-likeness (QED) is 0.891. The zero-order chi connectivity index (χ0) is 12.5. The van der Waals surface area contributed by atoms with Gasteiger partial charge in [-0.2, -0.15) is 0 Å². The number of phenols is 1. The van der Waals surface area contributed by atoms with E-state index < -0.39 is 0 Å². The van der Waals surface area contributed by atoms with Gasteiger partial charge in [0.2, 0.25) is 0 Å². The van der Waals surface area contributed by atoms with Gasteiger partial charge in [-0.1, -0.05) is 12.5 Å². The second-order valence-corrected chi connectivity index (χ2v) is 5.65. The first-order chi connectivity index (χ1) is 8.76. The Morgan fingerprint density at radius 1 is 1.28 bits per heavy atom. The Kier molecular flexibility index (Phi) is 3.16. The maximum atomic E-state index is 9.59. The van der Waals surface area contributed by atoms with Gasteiger partial charge in [0.05, 0.1) is 7.11 Å². The second kappa shape index (κ2) is 4.81. The number of hydrogen-bond acceptors (Lipinski definition) is 3. The summed E-state index contributed by atoms with van der Waals surface area (Å²) in [6.45, 7) is 3.46. The Labute approximate surface area is 108 Å². The third-order valence-electron chi connectivity index (χ3n) is 4.45. The van der Waals surface area contributed by atoms with E-state index in [-0.39, 0.29) is 5.75 Å². The summed E-state index contributed by atoms with van der Waals surface area (Å²) in [4.78, 5) is 2.54. The first-order valence-corrected chi connectivity index (χ1v) is 6.84. The summed E-state index contributed by atoms with van der Waals surface area (Å²) >= 11 is 0. The van der Waals surface area contributed by atoms with Crippen molar-refractivity contribution in [3.05, 3.63) is 23.8 Å². The Bertz CT molecular complexity index is 421. The molecule has 1 aliphatic heterocycles. The fourth-order valence-electron chi connectivity index (χ4n) is 3.54. The van der Waals surface area contributed by atoms with Gasteiger partial charge >= 0.3 is 0 Å². The van der Waals surface area contributed by atoms with E-state index in [4.69, 9.17) is 4.74 Å². The summed E-state index contributed by atoms with van der Waals surface area (Å²) in [5.74, 6) is 2.67. The van der Waals surface area contributed by atoms with Gasteiger partial charge in [0.25, 0.3) is 0 Å². The van der Waals surface area contributed by atoms with Gasteiger partial charge in [-0.15, -0.1) is 0 Å². The molecule has 18 heavy (non-hydrogen) atoms. The standard InChI is InChI=1S/C15H21NO2/c1-18-15-7-11(5-6-14(15)17)8-16-9-12-3-2-4-13(12)10-16/h5-7,12-13,17H,2-4,8-10H2,1H3. The third kappa shape index (κ3) is 2.19. The molecule has 3 heteroatoms. The molecule has 1 aliphatic carbocycles. The highest BCUT2D eigenvalue weighted by Crippen LogP contribution is 2.38. The van der Waals surface area contributed by atoms with Crippen molar-refractivity contribution in [2.24, 2.45) is 11.8 Å². The molecule has 1 heterocycles. The zero-order valence-electron chi connectivity index (χ0n) is 10.9. The van der Waals surface area contributed by atoms with Crippen molar-refractivity contribution >= 4 is 0 Å². The molecule has 1 aromatic carbocycles. The summed E-state index contributed by atoms with van der Waals surface area (Å²) < 4.78 is 5.16. The zero-order valence-corrected chi connectivity index (χ0v) is 10.9. The van der Waals surface area contributed by atoms with Gasteiger partial charge < -0.3 is 9.84 Å². The molecule has 0 amide bonds. The van der Waals surface area contributed by atoms with Crippen molar-refractivity contribution in [3.8, 4) is 11.5 Å². The van der Waals surface area contributed by atoms with Crippen LogP contribution >= 0.6 is 0 Å². The van der Waals surface area contributed by atoms with E-state index in [2.05, 4.69) is 4.90 Å². The van der Waals surface area contributed by atoms with Crippen LogP contribution in [-0.4, -0.2) is 30.2 Å². The van der Waals surface area contributed by atoms with E-state index in [1.165, 1.54) is 37.9 Å². The number of hydrogen-bond donors (Lipinski definition) is 1. The lowest BCUT2D eigenvalue weighted by molar-refractivity contribution is 0.302. The van der Waals surface area contributed by atoms with E-state index >= 15 is 0 Å². The van der Waals surface area contributed by atoms with Gasteiger partial charge in [0.15, 0.2) is 11.5 Å². The number of aromatic hydroxyl groups is 1. The number of phenolic OH excluding ortho intramolecular Hbond substituents is 1. The van der Waals surface area contributed by atoms with E-state index in [1.54, 1.807) is 13.2 Å². The topological polar surface area (TPSA) is 32.7 Å². The van der Waals surface area contributed by atoms with Crippen molar-refractivity contribution in [1.29, 1.82) is 0 Å². The maximum absolute atomic E-state index is 9.59. The summed E-state index contributed by atoms with van der Waals surface area (Å²) in [5, 5.41) is 9.59. The van der Waals surface area contributed by atoms with E-state index in [9.17, 15) is 5.11 Å². The third-order valence-corrected chi connectivity index (χ3v) is 4.45. The number of likely N-dealkylation sites (tertiary alicyclic amines) is 1. The molecule has 0 aromatic heterocycles. The molecule has 0 radical (unpaired) electrons. The smallest absolute Gasteiger partial charge is 0.160 e. The Morgan fingerprint density at radius 3 is 2.67 bits per heavy atom. The number of fused-ring (bicyclic) bond motifs is 1. The average molecular weight is 247 g/mol. The molecule has 2 unspecified atom stereocenters. The van der Waals surface area contributed by atoms with Crippen LogP contribution in [0.5, 0.6) is 11.5 Å². The fourth-order valence-corrected chi connectivity index (χ4v) is 3.54. The Balaban J connectivity index is 1.66. The van der Waals surface area contributed by atoms with Crippen molar-refractivity contribution in [3.63, 3.8) is 0 Å². The molecule has 98 valence electrons. The minimum atomic E-state index is 0.222. The molecule has 2 fully saturated rings. The Hall–Kier alpha value is -1.22. The second-order valence-electron chi connectivity index (χ2n) is 5.65. The molecule has 1 N–H and O–H groups in total. The van der Waals surface area contributed by atoms with Crippen molar-refractivity contribution in [2.45, 2.75) is 25.8 Å². The molecule has 2 atom stereocenters. The summed E-state index contributed by atoms with van der Waals surface area (Å²) in [6.07, 6.45) is 4.26. The highest BCUT2D eigenvalue weighted by molar-refractivity contribution is 5.41. The summed E-state index contributed by atoms with van der Waals surface area (Å²) in [7, 11) is 1.60. The number of ether oxygens (including phenoxy) is 1. The highest BCUT2D eigenvalue weighted by atomic mass is 16.5. The van der Waals surface area contributed by atoms with Gasteiger partial charge in [-0.25, -0.2) is 0 Å². The monoisotopic (exact) mass is 247 g/mol. The minimum absolute atomic E-state index is 0.222. The first-order valence-electron chi connectivity index (χ1n) is 6.84. The lowest BCUT2D eigenvalue weighted by Gasteiger charge is -2.17. The fraction of sp³-hybridized carbons (Fsp3) is 0.600. The molecule has 3 nitrogen and oxygen atoms in total. The van der Waals surface area contributed by atoms with Crippen LogP contribution in [0.3, 0.4) is 0 Å². The molecule has 1 saturated carbocycles. The van der Waals surface area contributed by atoms with Crippen LogP contribution in [0.25, 0.3) is 0 Å². The minimum Gasteiger partial charge on any atom is -0.504 e. The lowest BCUT2D eigenvalue weighted by atomic mass is 10.0. The van der Waals surface area contributed by atoms with E-state index in [0.717, 1.165) is 18.4 Å². The molecular weight excluding hydrogens is 226 g/mol. The molecule has 0 bridgehead atoms. The van der Waals surface area contributed by atoms with Crippen LogP contribution in [0.4, 0.5) is 0 Å². The molecule has 3 rings (SSSR count). The molecule has 1 saturated heterocycles. The SMILES string of the molecule is COc1cc(CN2CC3CCCC3C2)ccc1O. The van der Waals surface area contributed by atoms with Gasteiger partial charge in [0.1, 0.15) is 0 Å². The van der Waals surface area contributed by atoms with E-state index in [0.29, 0.717) is 5.75 Å². The van der Waals surface area contributed by atoms with Crippen molar-refractivity contribution in [2.75, 3.05) is 20.2 Å². The number of nitrogens with zero attached hydrogens (tertiary/aromatic N) is 1. The van der Waals surface area contributed by atoms with Crippen LogP contribution in [-0.2, 0) is 6.54 Å². The normalized spacial score (nSPS) is 27.4. The van der Waals surface area contributed by atoms with Gasteiger partial charge in [-0.3, -0.25) is 4.90 Å². The van der Waals surface area contributed by atoms with Crippen LogP contribution < -0.4 is 4.74 Å². The number of methoxy groups -OCH3 is 1. The molecule has 2 aliphatic rings. The average Bonchev–Trinajstić information content (AvgIpc) is 2.92. The molecular formula is C15H21NO2. The molecule has 0 spiro atoms. The van der Waals surface area contributed by atoms with Crippen LogP contribution in [0.15, 0.2) is 18.2 Å². The first kappa shape index (κ1) is 11.8. The van der Waals surface area contributed by atoms with Crippen LogP contribution in [0.2, 0.25) is 0 Å². The van der Waals surface area contributed by atoms with Crippen molar-refractivity contribution in [1.82, 2.24) is 4.90 Å². The molecule has 1 aromatic rings. The lowest BCUT2D eigenvalue weighted by Crippen LogP contribution is -2.21. The number of benzene rings is 1. The maximum Gasteiger partial charge on any atom is 0.160 e. The Morgan fingerprint density at radius 2 is 2.00 bits per heavy atom. The summed E-state index contributed by atoms with van der Waals surface area (Å²) in [5.41, 5.74) is 1.23. The summed E-state index contributed by atoms with van der Waals surface area (Å²) in [6, 6.07) is 5.67. The predicted molar refractivity (Wildman–Crippen MR) is 70.8 cm³/mol. The van der Waals surface area contributed by atoms with Crippen molar-refractivity contribution < 1.29 is 9.84 Å². The highest BCUT2D eigenvalue weighted by Gasteiger charge is 2.35. The van der Waals surface area contributed by atoms with Gasteiger partial charge in [0, 0.05) is 19.6 Å². The van der Waals surface area contributed by atoms with Crippen LogP contribution in [0, 0.1) is 11.8 Å². The van der Waals surface area contributed by atoms with Crippen LogP contribution in [0.1, 0.15) is 24.8 Å². The number of rotatable bonds is 3. The van der Waals surface area contributed by atoms with Gasteiger partial charge in [-0.05, 0) is 42.4 Å².